The second-order valence-electron chi connectivity index (χ2n) is 7.07. The summed E-state index contributed by atoms with van der Waals surface area (Å²) in [6.07, 6.45) is 3.93. The summed E-state index contributed by atoms with van der Waals surface area (Å²) in [4.78, 5) is 4.29. The Hall–Kier alpha value is -1.69. The number of rotatable bonds is 7. The summed E-state index contributed by atoms with van der Waals surface area (Å²) in [7, 11) is 0. The Morgan fingerprint density at radius 2 is 2.25 bits per heavy atom. The zero-order valence-electron chi connectivity index (χ0n) is 14.9. The Morgan fingerprint density at radius 1 is 1.38 bits per heavy atom. The topological polar surface area (TPSA) is 53.9 Å². The molecule has 0 aliphatic carbocycles. The first-order chi connectivity index (χ1) is 11.6. The number of aromatic nitrogens is 2. The number of aryl methyl sites for hydroxylation is 2. The van der Waals surface area contributed by atoms with E-state index >= 15 is 0 Å². The highest BCUT2D eigenvalue weighted by Gasteiger charge is 2.27. The van der Waals surface area contributed by atoms with Gasteiger partial charge in [-0.1, -0.05) is 36.8 Å². The Labute approximate surface area is 144 Å². The van der Waals surface area contributed by atoms with Crippen molar-refractivity contribution in [1.82, 2.24) is 25.7 Å². The average Bonchev–Trinajstić information content (AvgIpc) is 3.17. The van der Waals surface area contributed by atoms with E-state index < -0.39 is 0 Å². The molecule has 1 aliphatic rings. The summed E-state index contributed by atoms with van der Waals surface area (Å²) in [6, 6.07) is 9.17. The molecule has 2 aromatic rings. The molecule has 3 unspecified atom stereocenters. The van der Waals surface area contributed by atoms with Crippen LogP contribution >= 0.6 is 0 Å². The molecule has 3 N–H and O–H groups in total. The molecule has 130 valence electrons. The van der Waals surface area contributed by atoms with Gasteiger partial charge < -0.3 is 9.88 Å². The van der Waals surface area contributed by atoms with Crippen LogP contribution in [0.1, 0.15) is 29.9 Å². The van der Waals surface area contributed by atoms with Crippen molar-refractivity contribution < 1.29 is 0 Å². The van der Waals surface area contributed by atoms with Gasteiger partial charge in [-0.25, -0.2) is 10.4 Å². The van der Waals surface area contributed by atoms with Crippen LogP contribution in [-0.2, 0) is 6.54 Å². The zero-order valence-corrected chi connectivity index (χ0v) is 14.9. The van der Waals surface area contributed by atoms with Crippen LogP contribution in [0.5, 0.6) is 0 Å². The van der Waals surface area contributed by atoms with E-state index in [-0.39, 0.29) is 0 Å². The first-order valence-electron chi connectivity index (χ1n) is 8.87. The third kappa shape index (κ3) is 4.23. The van der Waals surface area contributed by atoms with E-state index in [0.29, 0.717) is 17.9 Å². The fraction of sp³-hybridized carbons (Fsp3) is 0.526. The minimum atomic E-state index is 0.378. The predicted molar refractivity (Wildman–Crippen MR) is 97.5 cm³/mol. The lowest BCUT2D eigenvalue weighted by atomic mass is 9.94. The van der Waals surface area contributed by atoms with Crippen molar-refractivity contribution in [1.29, 1.82) is 0 Å². The van der Waals surface area contributed by atoms with Gasteiger partial charge in [0.25, 0.3) is 0 Å². The van der Waals surface area contributed by atoms with Gasteiger partial charge in [-0.3, -0.25) is 5.43 Å². The number of hydrazine groups is 1. The third-order valence-electron chi connectivity index (χ3n) is 4.83. The lowest BCUT2D eigenvalue weighted by Gasteiger charge is -2.21. The van der Waals surface area contributed by atoms with E-state index in [1.54, 1.807) is 0 Å². The molecule has 1 aliphatic heterocycles. The van der Waals surface area contributed by atoms with Gasteiger partial charge in [0.05, 0.1) is 6.04 Å². The fourth-order valence-electron chi connectivity index (χ4n) is 3.46. The summed E-state index contributed by atoms with van der Waals surface area (Å²) in [5, 5.41) is 3.66. The molecule has 5 nitrogen and oxygen atoms in total. The smallest absolute Gasteiger partial charge is 0.105 e. The molecule has 1 saturated heterocycles. The second-order valence-corrected chi connectivity index (χ2v) is 7.07. The summed E-state index contributed by atoms with van der Waals surface area (Å²) in [5.74, 6) is 2.23. The molecule has 0 saturated carbocycles. The molecule has 1 fully saturated rings. The van der Waals surface area contributed by atoms with Crippen LogP contribution in [0.15, 0.2) is 36.7 Å². The average molecular weight is 327 g/mol. The molecule has 0 spiro atoms. The minimum absolute atomic E-state index is 0.378. The maximum absolute atomic E-state index is 4.29. The van der Waals surface area contributed by atoms with Crippen molar-refractivity contribution in [2.45, 2.75) is 33.4 Å². The van der Waals surface area contributed by atoms with Gasteiger partial charge in [-0.15, -0.1) is 0 Å². The largest absolute Gasteiger partial charge is 0.335 e. The second kappa shape index (κ2) is 7.92. The van der Waals surface area contributed by atoms with E-state index in [4.69, 9.17) is 0 Å². The number of imidazole rings is 1. The Morgan fingerprint density at radius 3 is 3.00 bits per heavy atom. The van der Waals surface area contributed by atoms with Gasteiger partial charge in [0.15, 0.2) is 0 Å². The molecule has 3 atom stereocenters. The van der Waals surface area contributed by atoms with Crippen LogP contribution in [0.25, 0.3) is 0 Å². The molecule has 0 amide bonds. The highest BCUT2D eigenvalue weighted by Crippen LogP contribution is 2.25. The molecule has 5 heteroatoms. The fourth-order valence-corrected chi connectivity index (χ4v) is 3.46. The standard InChI is InChI=1S/C19H29N5/c1-14-5-4-6-17(9-14)19-18(12-22-23-19)11-20-10-15(2)13-24-8-7-21-16(24)3/h4-9,15,18-20,22-23H,10-13H2,1-3H3. The summed E-state index contributed by atoms with van der Waals surface area (Å²) in [5.41, 5.74) is 9.44. The molecule has 2 heterocycles. The molecule has 3 rings (SSSR count). The van der Waals surface area contributed by atoms with Gasteiger partial charge in [0, 0.05) is 37.9 Å². The van der Waals surface area contributed by atoms with E-state index in [9.17, 15) is 0 Å². The van der Waals surface area contributed by atoms with Crippen LogP contribution in [0.4, 0.5) is 0 Å². The van der Waals surface area contributed by atoms with E-state index in [0.717, 1.165) is 32.0 Å². The third-order valence-corrected chi connectivity index (χ3v) is 4.83. The zero-order chi connectivity index (χ0) is 16.9. The molecular formula is C19H29N5. The quantitative estimate of drug-likeness (QED) is 0.730. The Balaban J connectivity index is 1.48. The Kier molecular flexibility index (Phi) is 5.66. The summed E-state index contributed by atoms with van der Waals surface area (Å²) >= 11 is 0. The van der Waals surface area contributed by atoms with Crippen molar-refractivity contribution in [3.05, 3.63) is 53.6 Å². The molecule has 1 aromatic carbocycles. The molecule has 1 aromatic heterocycles. The number of nitrogens with one attached hydrogen (secondary N) is 3. The first-order valence-corrected chi connectivity index (χ1v) is 8.87. The van der Waals surface area contributed by atoms with E-state index in [1.807, 2.05) is 6.20 Å². The number of hydrogen-bond donors (Lipinski definition) is 3. The predicted octanol–water partition coefficient (Wildman–Crippen LogP) is 2.19. The molecular weight excluding hydrogens is 298 g/mol. The number of hydrogen-bond acceptors (Lipinski definition) is 4. The van der Waals surface area contributed by atoms with Crippen LogP contribution in [0.3, 0.4) is 0 Å². The normalized spacial score (nSPS) is 22.0. The number of benzene rings is 1. The SMILES string of the molecule is Cc1cccc(C2NNCC2CNCC(C)Cn2ccnc2C)c1. The van der Waals surface area contributed by atoms with Crippen LogP contribution < -0.4 is 16.2 Å². The summed E-state index contributed by atoms with van der Waals surface area (Å²) < 4.78 is 2.22. The van der Waals surface area contributed by atoms with E-state index in [1.165, 1.54) is 11.1 Å². The van der Waals surface area contributed by atoms with Crippen molar-refractivity contribution in [3.8, 4) is 0 Å². The minimum Gasteiger partial charge on any atom is -0.335 e. The van der Waals surface area contributed by atoms with Crippen LogP contribution in [0, 0.1) is 25.7 Å². The van der Waals surface area contributed by atoms with Gasteiger partial charge >= 0.3 is 0 Å². The highest BCUT2D eigenvalue weighted by atomic mass is 15.4. The van der Waals surface area contributed by atoms with Crippen LogP contribution in [-0.4, -0.2) is 29.2 Å². The van der Waals surface area contributed by atoms with Crippen molar-refractivity contribution in [2.75, 3.05) is 19.6 Å². The first kappa shape index (κ1) is 17.1. The maximum atomic E-state index is 4.29. The van der Waals surface area contributed by atoms with Gasteiger partial charge in [0.2, 0.25) is 0 Å². The summed E-state index contributed by atoms with van der Waals surface area (Å²) in [6.45, 7) is 10.6. The molecule has 24 heavy (non-hydrogen) atoms. The lowest BCUT2D eigenvalue weighted by Crippen LogP contribution is -2.32. The van der Waals surface area contributed by atoms with Crippen molar-refractivity contribution >= 4 is 0 Å². The van der Waals surface area contributed by atoms with Crippen molar-refractivity contribution in [2.24, 2.45) is 11.8 Å². The number of nitrogens with zero attached hydrogens (tertiary/aromatic N) is 2. The van der Waals surface area contributed by atoms with E-state index in [2.05, 4.69) is 77.0 Å². The highest BCUT2D eigenvalue weighted by molar-refractivity contribution is 5.26. The van der Waals surface area contributed by atoms with Gasteiger partial charge in [0.1, 0.15) is 5.82 Å². The lowest BCUT2D eigenvalue weighted by molar-refractivity contribution is 0.394. The maximum Gasteiger partial charge on any atom is 0.105 e. The van der Waals surface area contributed by atoms with Gasteiger partial charge in [-0.05, 0) is 31.9 Å². The monoisotopic (exact) mass is 327 g/mol. The molecule has 0 radical (unpaired) electrons. The molecule has 0 bridgehead atoms. The van der Waals surface area contributed by atoms with Crippen molar-refractivity contribution in [3.63, 3.8) is 0 Å². The Bertz CT molecular complexity index is 651. The van der Waals surface area contributed by atoms with Crippen LogP contribution in [0.2, 0.25) is 0 Å². The van der Waals surface area contributed by atoms with Gasteiger partial charge in [-0.2, -0.15) is 0 Å².